The molecule has 0 spiro atoms. The monoisotopic (exact) mass is 363 g/mol. The van der Waals surface area contributed by atoms with E-state index >= 15 is 0 Å². The van der Waals surface area contributed by atoms with Gasteiger partial charge in [-0.15, -0.1) is 30.6 Å². The van der Waals surface area contributed by atoms with E-state index in [2.05, 4.69) is 27.3 Å². The molecular weight excluding hydrogens is 341 g/mol. The number of guanidine groups is 1. The molecule has 1 aromatic rings. The lowest BCUT2D eigenvalue weighted by atomic mass is 10.4. The van der Waals surface area contributed by atoms with Crippen LogP contribution in [0.5, 0.6) is 0 Å². The predicted molar refractivity (Wildman–Crippen MR) is 86.6 cm³/mol. The number of aromatic nitrogens is 2. The zero-order valence-corrected chi connectivity index (χ0v) is 13.3. The van der Waals surface area contributed by atoms with Gasteiger partial charge in [0.25, 0.3) is 0 Å². The smallest absolute Gasteiger partial charge is 0.191 e. The summed E-state index contributed by atoms with van der Waals surface area (Å²) in [6.07, 6.45) is 6.73. The van der Waals surface area contributed by atoms with Crippen LogP contribution < -0.4 is 10.6 Å². The summed E-state index contributed by atoms with van der Waals surface area (Å²) in [6, 6.07) is 0. The Morgan fingerprint density at radius 2 is 2.33 bits per heavy atom. The molecule has 0 aliphatic rings. The second-order valence-electron chi connectivity index (χ2n) is 3.80. The molecule has 2 N–H and O–H groups in total. The molecule has 18 heavy (non-hydrogen) atoms. The van der Waals surface area contributed by atoms with Crippen LogP contribution in [0.25, 0.3) is 0 Å². The van der Waals surface area contributed by atoms with Crippen LogP contribution in [-0.2, 0) is 6.54 Å². The molecule has 0 saturated carbocycles. The van der Waals surface area contributed by atoms with Gasteiger partial charge < -0.3 is 10.6 Å². The van der Waals surface area contributed by atoms with E-state index in [-0.39, 0.29) is 24.0 Å². The van der Waals surface area contributed by atoms with E-state index in [9.17, 15) is 0 Å². The molecule has 1 heterocycles. The quantitative estimate of drug-likeness (QED) is 0.265. The number of hydrogen-bond acceptors (Lipinski definition) is 2. The van der Waals surface area contributed by atoms with Crippen molar-refractivity contribution in [1.29, 1.82) is 0 Å². The third kappa shape index (κ3) is 6.63. The molecule has 0 fully saturated rings. The fourth-order valence-corrected chi connectivity index (χ4v) is 1.43. The van der Waals surface area contributed by atoms with Gasteiger partial charge in [-0.05, 0) is 18.9 Å². The summed E-state index contributed by atoms with van der Waals surface area (Å²) in [4.78, 5) is 4.10. The van der Waals surface area contributed by atoms with Crippen molar-refractivity contribution in [3.63, 3.8) is 0 Å². The highest BCUT2D eigenvalue weighted by Crippen LogP contribution is 1.95. The molecule has 0 saturated heterocycles. The SMILES string of the molecule is C=CCNC(=NC)NCCCn1cc(C)cn1.I. The van der Waals surface area contributed by atoms with Gasteiger partial charge in [0.15, 0.2) is 5.96 Å². The zero-order valence-electron chi connectivity index (χ0n) is 11.0. The van der Waals surface area contributed by atoms with Gasteiger partial charge in [-0.2, -0.15) is 5.10 Å². The van der Waals surface area contributed by atoms with Crippen molar-refractivity contribution in [2.75, 3.05) is 20.1 Å². The van der Waals surface area contributed by atoms with Crippen LogP contribution in [0.2, 0.25) is 0 Å². The second-order valence-corrected chi connectivity index (χ2v) is 3.80. The second kappa shape index (κ2) is 9.93. The van der Waals surface area contributed by atoms with Crippen molar-refractivity contribution in [1.82, 2.24) is 20.4 Å². The van der Waals surface area contributed by atoms with Gasteiger partial charge in [0.2, 0.25) is 0 Å². The number of hydrogen-bond donors (Lipinski definition) is 2. The maximum atomic E-state index is 4.23. The Morgan fingerprint density at radius 3 is 2.89 bits per heavy atom. The highest BCUT2D eigenvalue weighted by Gasteiger charge is 1.96. The van der Waals surface area contributed by atoms with E-state index in [1.165, 1.54) is 5.56 Å². The lowest BCUT2D eigenvalue weighted by molar-refractivity contribution is 0.570. The van der Waals surface area contributed by atoms with E-state index in [0.717, 1.165) is 32.0 Å². The minimum Gasteiger partial charge on any atom is -0.356 e. The lowest BCUT2D eigenvalue weighted by Crippen LogP contribution is -2.37. The molecule has 0 aromatic carbocycles. The fourth-order valence-electron chi connectivity index (χ4n) is 1.43. The van der Waals surface area contributed by atoms with Crippen molar-refractivity contribution in [3.8, 4) is 0 Å². The van der Waals surface area contributed by atoms with Gasteiger partial charge in [0.1, 0.15) is 0 Å². The minimum absolute atomic E-state index is 0. The Kier molecular flexibility index (Phi) is 9.35. The number of rotatable bonds is 6. The van der Waals surface area contributed by atoms with E-state index < -0.39 is 0 Å². The van der Waals surface area contributed by atoms with Crippen molar-refractivity contribution in [2.45, 2.75) is 19.9 Å². The van der Waals surface area contributed by atoms with Crippen molar-refractivity contribution >= 4 is 29.9 Å². The molecule has 0 aliphatic heterocycles. The molecule has 5 nitrogen and oxygen atoms in total. The molecule has 0 unspecified atom stereocenters. The molecule has 0 radical (unpaired) electrons. The maximum absolute atomic E-state index is 4.23. The lowest BCUT2D eigenvalue weighted by Gasteiger charge is -2.10. The van der Waals surface area contributed by atoms with Gasteiger partial charge >= 0.3 is 0 Å². The first kappa shape index (κ1) is 16.9. The van der Waals surface area contributed by atoms with Crippen LogP contribution in [0, 0.1) is 6.92 Å². The molecular formula is C12H22IN5. The Bertz CT molecular complexity index is 372. The average Bonchev–Trinajstić information content (AvgIpc) is 2.74. The van der Waals surface area contributed by atoms with Crippen molar-refractivity contribution in [2.24, 2.45) is 4.99 Å². The summed E-state index contributed by atoms with van der Waals surface area (Å²) < 4.78 is 1.96. The third-order valence-corrected chi connectivity index (χ3v) is 2.26. The van der Waals surface area contributed by atoms with Crippen LogP contribution in [0.15, 0.2) is 30.0 Å². The minimum atomic E-state index is 0. The summed E-state index contributed by atoms with van der Waals surface area (Å²) in [7, 11) is 1.76. The number of nitrogens with zero attached hydrogens (tertiary/aromatic N) is 3. The number of nitrogens with one attached hydrogen (secondary N) is 2. The molecule has 0 bridgehead atoms. The van der Waals surface area contributed by atoms with Crippen LogP contribution in [0.1, 0.15) is 12.0 Å². The van der Waals surface area contributed by atoms with Crippen LogP contribution in [0.4, 0.5) is 0 Å². The first-order valence-corrected chi connectivity index (χ1v) is 5.80. The summed E-state index contributed by atoms with van der Waals surface area (Å²) in [5.41, 5.74) is 1.20. The zero-order chi connectivity index (χ0) is 12.5. The Labute approximate surface area is 126 Å². The number of aliphatic imine (C=N–C) groups is 1. The molecule has 0 aliphatic carbocycles. The standard InChI is InChI=1S/C12H21N5.HI/c1-4-6-14-12(13-3)15-7-5-8-17-10-11(2)9-16-17;/h4,9-10H,1,5-8H2,2-3H3,(H2,13,14,15);1H. The van der Waals surface area contributed by atoms with Crippen LogP contribution in [-0.4, -0.2) is 35.9 Å². The first-order chi connectivity index (χ1) is 8.26. The molecule has 0 atom stereocenters. The van der Waals surface area contributed by atoms with Crippen LogP contribution >= 0.6 is 24.0 Å². The Balaban J connectivity index is 0.00000289. The normalized spacial score (nSPS) is 10.7. The van der Waals surface area contributed by atoms with Gasteiger partial charge in [0, 0.05) is 32.9 Å². The fraction of sp³-hybridized carbons (Fsp3) is 0.500. The van der Waals surface area contributed by atoms with E-state index in [4.69, 9.17) is 0 Å². The van der Waals surface area contributed by atoms with Gasteiger partial charge in [0.05, 0.1) is 6.20 Å². The summed E-state index contributed by atoms with van der Waals surface area (Å²) in [5, 5.41) is 10.6. The van der Waals surface area contributed by atoms with Crippen LogP contribution in [0.3, 0.4) is 0 Å². The number of aryl methyl sites for hydroxylation is 2. The van der Waals surface area contributed by atoms with E-state index in [0.29, 0.717) is 0 Å². The predicted octanol–water partition coefficient (Wildman–Crippen LogP) is 1.55. The number of halogens is 1. The average molecular weight is 363 g/mol. The third-order valence-electron chi connectivity index (χ3n) is 2.26. The molecule has 102 valence electrons. The Morgan fingerprint density at radius 1 is 1.56 bits per heavy atom. The Hall–Kier alpha value is -1.05. The topological polar surface area (TPSA) is 54.2 Å². The van der Waals surface area contributed by atoms with E-state index in [1.807, 2.05) is 24.0 Å². The summed E-state index contributed by atoms with van der Waals surface area (Å²) in [5.74, 6) is 0.807. The van der Waals surface area contributed by atoms with Crippen molar-refractivity contribution in [3.05, 3.63) is 30.6 Å². The highest BCUT2D eigenvalue weighted by atomic mass is 127. The van der Waals surface area contributed by atoms with E-state index in [1.54, 1.807) is 13.1 Å². The summed E-state index contributed by atoms with van der Waals surface area (Å²) >= 11 is 0. The molecule has 0 amide bonds. The highest BCUT2D eigenvalue weighted by molar-refractivity contribution is 14.0. The van der Waals surface area contributed by atoms with Crippen molar-refractivity contribution < 1.29 is 0 Å². The van der Waals surface area contributed by atoms with Gasteiger partial charge in [-0.3, -0.25) is 9.67 Å². The molecule has 1 aromatic heterocycles. The molecule has 1 rings (SSSR count). The van der Waals surface area contributed by atoms with Gasteiger partial charge in [-0.1, -0.05) is 6.08 Å². The molecule has 6 heteroatoms. The largest absolute Gasteiger partial charge is 0.356 e. The summed E-state index contributed by atoms with van der Waals surface area (Å²) in [6.45, 7) is 8.20. The maximum Gasteiger partial charge on any atom is 0.191 e. The van der Waals surface area contributed by atoms with Gasteiger partial charge in [-0.25, -0.2) is 0 Å². The first-order valence-electron chi connectivity index (χ1n) is 5.80.